The van der Waals surface area contributed by atoms with Crippen molar-refractivity contribution in [3.63, 3.8) is 0 Å². The molecule has 1 saturated heterocycles. The van der Waals surface area contributed by atoms with E-state index in [1.54, 1.807) is 11.1 Å². The Hall–Kier alpha value is -3.23. The monoisotopic (exact) mass is 399 g/mol. The summed E-state index contributed by atoms with van der Waals surface area (Å²) < 4.78 is 15.8. The fourth-order valence-corrected chi connectivity index (χ4v) is 3.37. The molecule has 154 valence electrons. The number of anilines is 2. The second-order valence-corrected chi connectivity index (χ2v) is 6.91. The fraction of sp³-hybridized carbons (Fsp3) is 0.450. The van der Waals surface area contributed by atoms with Gasteiger partial charge in [-0.25, -0.2) is 9.78 Å². The van der Waals surface area contributed by atoms with Crippen LogP contribution in [0.1, 0.15) is 25.3 Å². The van der Waals surface area contributed by atoms with Gasteiger partial charge in [0.2, 0.25) is 12.7 Å². The summed E-state index contributed by atoms with van der Waals surface area (Å²) in [4.78, 5) is 22.4. The predicted octanol–water partition coefficient (Wildman–Crippen LogP) is 2.85. The van der Waals surface area contributed by atoms with Crippen molar-refractivity contribution < 1.29 is 19.0 Å². The normalized spacial score (nSPS) is 15.8. The van der Waals surface area contributed by atoms with Crippen LogP contribution < -0.4 is 20.1 Å². The smallest absolute Gasteiger partial charge is 0.409 e. The summed E-state index contributed by atoms with van der Waals surface area (Å²) in [6, 6.07) is 7.94. The van der Waals surface area contributed by atoms with Crippen LogP contribution in [0.4, 0.5) is 16.6 Å². The number of aromatic nitrogens is 2. The lowest BCUT2D eigenvalue weighted by molar-refractivity contribution is 0.0983. The summed E-state index contributed by atoms with van der Waals surface area (Å²) in [5.74, 6) is 2.86. The van der Waals surface area contributed by atoms with E-state index in [-0.39, 0.29) is 18.9 Å². The molecule has 2 aliphatic heterocycles. The minimum Gasteiger partial charge on any atom is -0.454 e. The lowest BCUT2D eigenvalue weighted by atomic mass is 10.1. The molecule has 2 aliphatic rings. The number of carbonyl (C=O) groups is 1. The Morgan fingerprint density at radius 1 is 1.24 bits per heavy atom. The summed E-state index contributed by atoms with van der Waals surface area (Å²) in [5, 5.41) is 6.68. The highest BCUT2D eigenvalue weighted by atomic mass is 16.7. The lowest BCUT2D eigenvalue weighted by Gasteiger charge is -2.31. The van der Waals surface area contributed by atoms with Gasteiger partial charge in [-0.05, 0) is 43.5 Å². The third-order valence-electron chi connectivity index (χ3n) is 4.92. The molecule has 29 heavy (non-hydrogen) atoms. The third-order valence-corrected chi connectivity index (χ3v) is 4.92. The van der Waals surface area contributed by atoms with Crippen LogP contribution in [0, 0.1) is 0 Å². The van der Waals surface area contributed by atoms with E-state index in [1.165, 1.54) is 0 Å². The van der Waals surface area contributed by atoms with E-state index in [2.05, 4.69) is 20.6 Å². The number of ether oxygens (including phenoxy) is 3. The summed E-state index contributed by atoms with van der Waals surface area (Å²) in [6.45, 7) is 4.43. The molecular weight excluding hydrogens is 374 g/mol. The lowest BCUT2D eigenvalue weighted by Crippen LogP contribution is -2.42. The Balaban J connectivity index is 1.28. The van der Waals surface area contributed by atoms with Crippen molar-refractivity contribution in [1.82, 2.24) is 14.9 Å². The molecule has 2 N–H and O–H groups in total. The summed E-state index contributed by atoms with van der Waals surface area (Å²) in [7, 11) is 0. The van der Waals surface area contributed by atoms with Crippen molar-refractivity contribution in [2.24, 2.45) is 0 Å². The average molecular weight is 399 g/mol. The van der Waals surface area contributed by atoms with Gasteiger partial charge in [-0.15, -0.1) is 0 Å². The standard InChI is InChI=1S/C20H25N5O4/c1-2-27-20(26)25-9-6-15(7-10-25)23-19-21-8-5-18(24-19)22-12-14-3-4-16-17(11-14)29-13-28-16/h3-5,8,11,15H,2,6-7,9-10,12-13H2,1H3,(H2,21,22,23,24). The van der Waals surface area contributed by atoms with E-state index in [1.807, 2.05) is 31.2 Å². The average Bonchev–Trinajstić information content (AvgIpc) is 3.21. The largest absolute Gasteiger partial charge is 0.454 e. The van der Waals surface area contributed by atoms with Gasteiger partial charge < -0.3 is 29.7 Å². The molecule has 9 nitrogen and oxygen atoms in total. The molecule has 2 aromatic rings. The Bertz CT molecular complexity index is 855. The molecule has 0 saturated carbocycles. The maximum atomic E-state index is 11.8. The van der Waals surface area contributed by atoms with Gasteiger partial charge >= 0.3 is 6.09 Å². The van der Waals surface area contributed by atoms with Gasteiger partial charge in [0.1, 0.15) is 5.82 Å². The first-order chi connectivity index (χ1) is 14.2. The van der Waals surface area contributed by atoms with Crippen LogP contribution in [-0.4, -0.2) is 53.5 Å². The number of hydrogen-bond donors (Lipinski definition) is 2. The predicted molar refractivity (Wildman–Crippen MR) is 107 cm³/mol. The van der Waals surface area contributed by atoms with E-state index in [4.69, 9.17) is 14.2 Å². The molecule has 0 unspecified atom stereocenters. The van der Waals surface area contributed by atoms with Gasteiger partial charge in [-0.1, -0.05) is 6.07 Å². The zero-order valence-corrected chi connectivity index (χ0v) is 16.4. The molecule has 0 bridgehead atoms. The van der Waals surface area contributed by atoms with Crippen molar-refractivity contribution >= 4 is 17.9 Å². The fourth-order valence-electron chi connectivity index (χ4n) is 3.37. The van der Waals surface area contributed by atoms with Gasteiger partial charge in [-0.3, -0.25) is 0 Å². The molecule has 4 rings (SSSR count). The van der Waals surface area contributed by atoms with Crippen molar-refractivity contribution in [3.05, 3.63) is 36.0 Å². The first-order valence-electron chi connectivity index (χ1n) is 9.85. The summed E-state index contributed by atoms with van der Waals surface area (Å²) in [5.41, 5.74) is 1.08. The summed E-state index contributed by atoms with van der Waals surface area (Å²) >= 11 is 0. The Kier molecular flexibility index (Phi) is 5.83. The van der Waals surface area contributed by atoms with Crippen molar-refractivity contribution in [2.75, 3.05) is 37.1 Å². The molecule has 9 heteroatoms. The van der Waals surface area contributed by atoms with Gasteiger partial charge in [-0.2, -0.15) is 4.98 Å². The quantitative estimate of drug-likeness (QED) is 0.765. The first-order valence-corrected chi connectivity index (χ1v) is 9.85. The number of nitrogens with one attached hydrogen (secondary N) is 2. The van der Waals surface area contributed by atoms with Crippen LogP contribution in [0.25, 0.3) is 0 Å². The van der Waals surface area contributed by atoms with Gasteiger partial charge in [0, 0.05) is 31.9 Å². The maximum Gasteiger partial charge on any atom is 0.409 e. The zero-order valence-electron chi connectivity index (χ0n) is 16.4. The van der Waals surface area contributed by atoms with E-state index in [0.29, 0.717) is 32.2 Å². The minimum absolute atomic E-state index is 0.227. The molecule has 1 fully saturated rings. The Labute approximate surface area is 169 Å². The number of hydrogen-bond acceptors (Lipinski definition) is 8. The number of rotatable bonds is 6. The highest BCUT2D eigenvalue weighted by molar-refractivity contribution is 5.67. The highest BCUT2D eigenvalue weighted by Crippen LogP contribution is 2.32. The zero-order chi connectivity index (χ0) is 20.1. The number of carbonyl (C=O) groups excluding carboxylic acids is 1. The molecule has 0 spiro atoms. The van der Waals surface area contributed by atoms with Crippen LogP contribution in [0.5, 0.6) is 11.5 Å². The molecule has 1 aromatic carbocycles. The molecule has 0 radical (unpaired) electrons. The molecule has 0 atom stereocenters. The van der Waals surface area contributed by atoms with E-state index < -0.39 is 0 Å². The molecule has 1 aromatic heterocycles. The van der Waals surface area contributed by atoms with Gasteiger partial charge in [0.05, 0.1) is 6.61 Å². The molecular formula is C20H25N5O4. The molecule has 3 heterocycles. The van der Waals surface area contributed by atoms with Crippen molar-refractivity contribution in [3.8, 4) is 11.5 Å². The van der Waals surface area contributed by atoms with E-state index in [9.17, 15) is 4.79 Å². The number of fused-ring (bicyclic) bond motifs is 1. The SMILES string of the molecule is CCOC(=O)N1CCC(Nc2nccc(NCc3ccc4c(c3)OCO4)n2)CC1. The molecule has 1 amide bonds. The minimum atomic E-state index is -0.239. The second-order valence-electron chi connectivity index (χ2n) is 6.91. The topological polar surface area (TPSA) is 97.8 Å². The van der Waals surface area contributed by atoms with Crippen LogP contribution in [-0.2, 0) is 11.3 Å². The van der Waals surface area contributed by atoms with E-state index in [0.717, 1.165) is 35.7 Å². The van der Waals surface area contributed by atoms with Crippen LogP contribution in [0.3, 0.4) is 0 Å². The van der Waals surface area contributed by atoms with Crippen LogP contribution >= 0.6 is 0 Å². The van der Waals surface area contributed by atoms with Crippen molar-refractivity contribution in [2.45, 2.75) is 32.4 Å². The number of benzene rings is 1. The molecule has 0 aliphatic carbocycles. The summed E-state index contributed by atoms with van der Waals surface area (Å²) in [6.07, 6.45) is 3.15. The maximum absolute atomic E-state index is 11.8. The van der Waals surface area contributed by atoms with Crippen molar-refractivity contribution in [1.29, 1.82) is 0 Å². The highest BCUT2D eigenvalue weighted by Gasteiger charge is 2.24. The number of nitrogens with zero attached hydrogens (tertiary/aromatic N) is 3. The third kappa shape index (κ3) is 4.79. The first kappa shape index (κ1) is 19.1. The van der Waals surface area contributed by atoms with Crippen LogP contribution in [0.2, 0.25) is 0 Å². The Morgan fingerprint density at radius 2 is 2.07 bits per heavy atom. The number of amides is 1. The Morgan fingerprint density at radius 3 is 2.90 bits per heavy atom. The van der Waals surface area contributed by atoms with E-state index >= 15 is 0 Å². The van der Waals surface area contributed by atoms with Gasteiger partial charge in [0.15, 0.2) is 11.5 Å². The van der Waals surface area contributed by atoms with Gasteiger partial charge in [0.25, 0.3) is 0 Å². The second kappa shape index (κ2) is 8.85. The number of piperidine rings is 1. The van der Waals surface area contributed by atoms with Crippen LogP contribution in [0.15, 0.2) is 30.5 Å². The number of likely N-dealkylation sites (tertiary alicyclic amines) is 1.